The molecular weight excluding hydrogens is 433 g/mol. The number of benzene rings is 1. The molecule has 0 radical (unpaired) electrons. The molecule has 6 heteroatoms. The van der Waals surface area contributed by atoms with E-state index in [0.29, 0.717) is 13.0 Å². The third-order valence-electron chi connectivity index (χ3n) is 2.79. The van der Waals surface area contributed by atoms with Crippen molar-refractivity contribution in [1.82, 2.24) is 9.97 Å². The van der Waals surface area contributed by atoms with Gasteiger partial charge in [-0.3, -0.25) is 0 Å². The monoisotopic (exact) mass is 447 g/mol. The summed E-state index contributed by atoms with van der Waals surface area (Å²) in [4.78, 5) is 9.17. The summed E-state index contributed by atoms with van der Waals surface area (Å²) in [6, 6.07) is 8.11. The summed E-state index contributed by atoms with van der Waals surface area (Å²) in [7, 11) is 3.54. The Morgan fingerprint density at radius 1 is 1.30 bits per heavy atom. The quantitative estimate of drug-likeness (QED) is 0.711. The van der Waals surface area contributed by atoms with E-state index in [2.05, 4.69) is 59.9 Å². The Balaban J connectivity index is 2.37. The van der Waals surface area contributed by atoms with E-state index in [9.17, 15) is 0 Å². The Morgan fingerprint density at radius 3 is 2.70 bits per heavy atom. The largest absolute Gasteiger partial charge is 0.378 e. The van der Waals surface area contributed by atoms with Crippen LogP contribution in [0.1, 0.15) is 17.1 Å². The van der Waals surface area contributed by atoms with E-state index in [1.165, 1.54) is 5.56 Å². The van der Waals surface area contributed by atoms with Gasteiger partial charge in [-0.2, -0.15) is 0 Å². The molecule has 0 unspecified atom stereocenters. The SMILES string of the molecule is CNc1nc(Cc2ccccc2Br)nc(COC)c1I. The molecule has 0 aliphatic heterocycles. The number of rotatable bonds is 5. The standard InChI is InChI=1S/C14H15BrIN3O/c1-17-14-13(16)11(8-20-2)18-12(19-14)7-9-5-3-4-6-10(9)15/h3-6H,7-8H2,1-2H3,(H,17,18,19). The molecule has 0 amide bonds. The number of nitrogens with zero attached hydrogens (tertiary/aromatic N) is 2. The average molecular weight is 448 g/mol. The molecule has 4 nitrogen and oxygen atoms in total. The summed E-state index contributed by atoms with van der Waals surface area (Å²) in [5.74, 6) is 1.63. The van der Waals surface area contributed by atoms with E-state index >= 15 is 0 Å². The lowest BCUT2D eigenvalue weighted by Crippen LogP contribution is -2.09. The van der Waals surface area contributed by atoms with Gasteiger partial charge in [0.1, 0.15) is 11.6 Å². The van der Waals surface area contributed by atoms with E-state index in [4.69, 9.17) is 4.74 Å². The van der Waals surface area contributed by atoms with Crippen LogP contribution in [0.3, 0.4) is 0 Å². The van der Waals surface area contributed by atoms with Crippen LogP contribution in [0.5, 0.6) is 0 Å². The fourth-order valence-corrected chi connectivity index (χ4v) is 2.93. The van der Waals surface area contributed by atoms with Gasteiger partial charge in [0.15, 0.2) is 0 Å². The molecule has 2 rings (SSSR count). The second kappa shape index (κ2) is 7.33. The third-order valence-corrected chi connectivity index (χ3v) is 4.70. The van der Waals surface area contributed by atoms with E-state index in [-0.39, 0.29) is 0 Å². The summed E-state index contributed by atoms with van der Waals surface area (Å²) in [6.45, 7) is 0.485. The molecule has 0 fully saturated rings. The summed E-state index contributed by atoms with van der Waals surface area (Å²) < 4.78 is 7.28. The Hall–Kier alpha value is -0.730. The lowest BCUT2D eigenvalue weighted by molar-refractivity contribution is 0.180. The van der Waals surface area contributed by atoms with Gasteiger partial charge in [0, 0.05) is 25.1 Å². The molecule has 1 aromatic heterocycles. The number of aromatic nitrogens is 2. The number of ether oxygens (including phenoxy) is 1. The molecule has 0 saturated carbocycles. The maximum absolute atomic E-state index is 5.21. The topological polar surface area (TPSA) is 47.0 Å². The zero-order valence-corrected chi connectivity index (χ0v) is 15.0. The van der Waals surface area contributed by atoms with Gasteiger partial charge in [-0.25, -0.2) is 9.97 Å². The van der Waals surface area contributed by atoms with Gasteiger partial charge >= 0.3 is 0 Å². The van der Waals surface area contributed by atoms with Gasteiger partial charge in [0.2, 0.25) is 0 Å². The lowest BCUT2D eigenvalue weighted by atomic mass is 10.1. The predicted octanol–water partition coefficient (Wildman–Crippen LogP) is 3.62. The van der Waals surface area contributed by atoms with Crippen molar-refractivity contribution in [3.8, 4) is 0 Å². The minimum absolute atomic E-state index is 0.485. The first-order chi connectivity index (χ1) is 9.65. The van der Waals surface area contributed by atoms with Gasteiger partial charge in [0.05, 0.1) is 15.9 Å². The first kappa shape index (κ1) is 15.7. The van der Waals surface area contributed by atoms with E-state index < -0.39 is 0 Å². The predicted molar refractivity (Wildman–Crippen MR) is 92.0 cm³/mol. The molecule has 0 atom stereocenters. The summed E-state index contributed by atoms with van der Waals surface area (Å²) in [5, 5.41) is 3.11. The molecule has 0 bridgehead atoms. The summed E-state index contributed by atoms with van der Waals surface area (Å²) in [5.41, 5.74) is 2.08. The minimum atomic E-state index is 0.485. The molecule has 0 aliphatic carbocycles. The maximum atomic E-state index is 5.21. The molecule has 20 heavy (non-hydrogen) atoms. The smallest absolute Gasteiger partial charge is 0.143 e. The second-order valence-electron chi connectivity index (χ2n) is 4.20. The van der Waals surface area contributed by atoms with E-state index in [1.54, 1.807) is 7.11 Å². The molecule has 106 valence electrons. The molecule has 1 aromatic carbocycles. The van der Waals surface area contributed by atoms with Crippen molar-refractivity contribution in [3.05, 3.63) is 49.4 Å². The van der Waals surface area contributed by atoms with Crippen LogP contribution in [0.4, 0.5) is 5.82 Å². The molecule has 0 spiro atoms. The summed E-state index contributed by atoms with van der Waals surface area (Å²) in [6.07, 6.45) is 0.684. The number of hydrogen-bond acceptors (Lipinski definition) is 4. The van der Waals surface area contributed by atoms with Crippen LogP contribution in [-0.4, -0.2) is 24.1 Å². The van der Waals surface area contributed by atoms with Crippen molar-refractivity contribution in [2.24, 2.45) is 0 Å². The first-order valence-corrected chi connectivity index (χ1v) is 7.98. The van der Waals surface area contributed by atoms with Gasteiger partial charge in [0.25, 0.3) is 0 Å². The van der Waals surface area contributed by atoms with Crippen LogP contribution in [0.2, 0.25) is 0 Å². The van der Waals surface area contributed by atoms with E-state index in [0.717, 1.165) is 25.4 Å². The van der Waals surface area contributed by atoms with Crippen LogP contribution in [0.15, 0.2) is 28.7 Å². The average Bonchev–Trinajstić information content (AvgIpc) is 2.45. The highest BCUT2D eigenvalue weighted by atomic mass is 127. The Kier molecular flexibility index (Phi) is 5.74. The first-order valence-electron chi connectivity index (χ1n) is 6.11. The molecule has 1 heterocycles. The maximum Gasteiger partial charge on any atom is 0.143 e. The second-order valence-corrected chi connectivity index (χ2v) is 6.13. The van der Waals surface area contributed by atoms with Crippen LogP contribution in [0, 0.1) is 3.57 Å². The molecule has 2 aromatic rings. The Morgan fingerprint density at radius 2 is 2.05 bits per heavy atom. The number of hydrogen-bond donors (Lipinski definition) is 1. The number of methoxy groups -OCH3 is 1. The van der Waals surface area contributed by atoms with Crippen LogP contribution < -0.4 is 5.32 Å². The Labute approximate surface area is 140 Å². The van der Waals surface area contributed by atoms with Crippen molar-refractivity contribution >= 4 is 44.3 Å². The van der Waals surface area contributed by atoms with Gasteiger partial charge in [-0.15, -0.1) is 0 Å². The highest BCUT2D eigenvalue weighted by Gasteiger charge is 2.12. The van der Waals surface area contributed by atoms with Crippen molar-refractivity contribution in [2.75, 3.05) is 19.5 Å². The summed E-state index contributed by atoms with van der Waals surface area (Å²) >= 11 is 5.80. The number of anilines is 1. The highest BCUT2D eigenvalue weighted by molar-refractivity contribution is 14.1. The Bertz CT molecular complexity index is 607. The van der Waals surface area contributed by atoms with Crippen molar-refractivity contribution in [2.45, 2.75) is 13.0 Å². The van der Waals surface area contributed by atoms with Crippen LogP contribution in [0.25, 0.3) is 0 Å². The zero-order valence-electron chi connectivity index (χ0n) is 11.3. The van der Waals surface area contributed by atoms with Crippen molar-refractivity contribution in [1.29, 1.82) is 0 Å². The van der Waals surface area contributed by atoms with E-state index in [1.807, 2.05) is 25.2 Å². The minimum Gasteiger partial charge on any atom is -0.378 e. The van der Waals surface area contributed by atoms with Crippen LogP contribution in [-0.2, 0) is 17.8 Å². The number of nitrogens with one attached hydrogen (secondary N) is 1. The number of halogens is 2. The van der Waals surface area contributed by atoms with Gasteiger partial charge in [-0.1, -0.05) is 34.1 Å². The van der Waals surface area contributed by atoms with Crippen LogP contribution >= 0.6 is 38.5 Å². The molecule has 0 aliphatic rings. The fraction of sp³-hybridized carbons (Fsp3) is 0.286. The normalized spacial score (nSPS) is 10.6. The third kappa shape index (κ3) is 3.67. The molecular formula is C14H15BrIN3O. The van der Waals surface area contributed by atoms with Crippen molar-refractivity contribution < 1.29 is 4.74 Å². The fourth-order valence-electron chi connectivity index (χ4n) is 1.83. The lowest BCUT2D eigenvalue weighted by Gasteiger charge is -2.11. The zero-order chi connectivity index (χ0) is 14.5. The molecule has 1 N–H and O–H groups in total. The van der Waals surface area contributed by atoms with Gasteiger partial charge in [-0.05, 0) is 34.2 Å². The highest BCUT2D eigenvalue weighted by Crippen LogP contribution is 2.22. The van der Waals surface area contributed by atoms with Crippen molar-refractivity contribution in [3.63, 3.8) is 0 Å². The molecule has 0 saturated heterocycles. The van der Waals surface area contributed by atoms with Gasteiger partial charge < -0.3 is 10.1 Å².